The van der Waals surface area contributed by atoms with E-state index >= 15 is 0 Å². The summed E-state index contributed by atoms with van der Waals surface area (Å²) in [5.41, 5.74) is 6.52. The molecule has 0 saturated carbocycles. The van der Waals surface area contributed by atoms with Crippen molar-refractivity contribution >= 4 is 29.0 Å². The fourth-order valence-corrected chi connectivity index (χ4v) is 6.10. The quantitative estimate of drug-likeness (QED) is 0.147. The molecule has 0 spiro atoms. The van der Waals surface area contributed by atoms with E-state index in [4.69, 9.17) is 31.4 Å². The van der Waals surface area contributed by atoms with E-state index in [-0.39, 0.29) is 18.1 Å². The zero-order chi connectivity index (χ0) is 30.8. The summed E-state index contributed by atoms with van der Waals surface area (Å²) in [4.78, 5) is 18.9. The maximum Gasteiger partial charge on any atom is 0.337 e. The number of benzene rings is 3. The Balaban J connectivity index is 1.37. The van der Waals surface area contributed by atoms with Crippen LogP contribution in [0.4, 0.5) is 5.69 Å². The number of pyridine rings is 1. The van der Waals surface area contributed by atoms with E-state index in [9.17, 15) is 4.79 Å². The number of hydrogen-bond donors (Lipinski definition) is 1. The van der Waals surface area contributed by atoms with Gasteiger partial charge in [-0.05, 0) is 123 Å². The Morgan fingerprint density at radius 2 is 1.48 bits per heavy atom. The van der Waals surface area contributed by atoms with Gasteiger partial charge in [-0.3, -0.25) is 4.98 Å². The third-order valence-corrected chi connectivity index (χ3v) is 8.16. The maximum atomic E-state index is 12.0. The van der Waals surface area contributed by atoms with E-state index < -0.39 is 0 Å². The first kappa shape index (κ1) is 28.9. The van der Waals surface area contributed by atoms with Crippen molar-refractivity contribution in [3.8, 4) is 22.9 Å². The fourth-order valence-electron chi connectivity index (χ4n) is 5.75. The fraction of sp³-hybridized carbons (Fsp3) is 0.171. The molecule has 1 fully saturated rings. The molecule has 1 N–H and O–H groups in total. The van der Waals surface area contributed by atoms with Crippen LogP contribution >= 0.6 is 12.2 Å². The molecule has 0 aliphatic carbocycles. The summed E-state index contributed by atoms with van der Waals surface area (Å²) in [6.45, 7) is 4.19. The Morgan fingerprint density at radius 3 is 2.09 bits per heavy atom. The molecule has 222 valence electrons. The van der Waals surface area contributed by atoms with E-state index in [1.807, 2.05) is 78.9 Å². The minimum Gasteiger partial charge on any atom is -0.497 e. The number of aryl methyl sites for hydroxylation is 1. The van der Waals surface area contributed by atoms with Gasteiger partial charge in [0.05, 0.1) is 37.6 Å². The molecule has 2 aromatic heterocycles. The van der Waals surface area contributed by atoms with Gasteiger partial charge in [-0.2, -0.15) is 0 Å². The van der Waals surface area contributed by atoms with Crippen molar-refractivity contribution in [2.24, 2.45) is 0 Å². The Labute approximate surface area is 261 Å². The number of hydrogen-bond acceptors (Lipinski definition) is 6. The zero-order valence-corrected chi connectivity index (χ0v) is 25.7. The normalized spacial score (nSPS) is 16.0. The molecule has 1 aliphatic rings. The van der Waals surface area contributed by atoms with Crippen molar-refractivity contribution < 1.29 is 19.0 Å². The Kier molecular flexibility index (Phi) is 8.04. The molecule has 3 aromatic carbocycles. The first-order valence-electron chi connectivity index (χ1n) is 14.2. The monoisotopic (exact) mass is 604 g/mol. The van der Waals surface area contributed by atoms with Crippen LogP contribution in [-0.2, 0) is 4.74 Å². The van der Waals surface area contributed by atoms with Gasteiger partial charge in [-0.15, -0.1) is 0 Å². The highest BCUT2D eigenvalue weighted by Crippen LogP contribution is 2.44. The van der Waals surface area contributed by atoms with Crippen LogP contribution in [0.15, 0.2) is 103 Å². The molecule has 5 aromatic rings. The van der Waals surface area contributed by atoms with Crippen molar-refractivity contribution in [1.82, 2.24) is 14.9 Å². The number of methoxy groups -OCH3 is 2. The van der Waals surface area contributed by atoms with E-state index in [1.54, 1.807) is 25.4 Å². The number of anilines is 1. The van der Waals surface area contributed by atoms with Gasteiger partial charge in [-0.1, -0.05) is 6.07 Å². The topological polar surface area (TPSA) is 77.9 Å². The van der Waals surface area contributed by atoms with Crippen LogP contribution in [-0.4, -0.2) is 34.9 Å². The minimum atomic E-state index is -0.363. The van der Waals surface area contributed by atoms with Crippen molar-refractivity contribution in [1.29, 1.82) is 0 Å². The zero-order valence-electron chi connectivity index (χ0n) is 24.9. The summed E-state index contributed by atoms with van der Waals surface area (Å²) in [6.07, 6.45) is 1.80. The summed E-state index contributed by atoms with van der Waals surface area (Å²) in [7, 11) is 3.02. The molecular formula is C35H32N4O4S. The van der Waals surface area contributed by atoms with Gasteiger partial charge in [0.1, 0.15) is 17.2 Å². The van der Waals surface area contributed by atoms with E-state index in [2.05, 4.69) is 34.7 Å². The SMILES string of the molecule is COC(=O)c1ccc(-n2c(C)cc([C@@H]3[C@@H](c4ccccn4)NC(=S)N3c3ccc(Oc4ccc(OC)cc4)cc3)c2C)cc1. The second kappa shape index (κ2) is 12.2. The summed E-state index contributed by atoms with van der Waals surface area (Å²) >= 11 is 5.96. The number of thiocarbonyl (C=S) groups is 1. The van der Waals surface area contributed by atoms with Gasteiger partial charge in [0, 0.05) is 29.0 Å². The number of nitrogens with one attached hydrogen (secondary N) is 1. The summed E-state index contributed by atoms with van der Waals surface area (Å²) in [5.74, 6) is 1.84. The molecule has 6 rings (SSSR count). The third kappa shape index (κ3) is 5.49. The number of carbonyl (C=O) groups excluding carboxylic acids is 1. The molecule has 0 bridgehead atoms. The molecule has 44 heavy (non-hydrogen) atoms. The summed E-state index contributed by atoms with van der Waals surface area (Å²) < 4.78 is 18.4. The van der Waals surface area contributed by atoms with Crippen LogP contribution in [0.1, 0.15) is 45.1 Å². The predicted octanol–water partition coefficient (Wildman–Crippen LogP) is 7.25. The molecule has 0 radical (unpaired) electrons. The number of aromatic nitrogens is 2. The number of rotatable bonds is 8. The minimum absolute atomic E-state index is 0.181. The molecule has 8 nitrogen and oxygen atoms in total. The molecule has 1 saturated heterocycles. The van der Waals surface area contributed by atoms with E-state index in [0.29, 0.717) is 16.4 Å². The second-order valence-electron chi connectivity index (χ2n) is 10.5. The predicted molar refractivity (Wildman–Crippen MR) is 174 cm³/mol. The molecule has 9 heteroatoms. The van der Waals surface area contributed by atoms with Gasteiger partial charge in [0.15, 0.2) is 5.11 Å². The van der Waals surface area contributed by atoms with Crippen LogP contribution < -0.4 is 19.7 Å². The van der Waals surface area contributed by atoms with Gasteiger partial charge in [0.2, 0.25) is 0 Å². The number of ether oxygens (including phenoxy) is 3. The highest BCUT2D eigenvalue weighted by Gasteiger charge is 2.42. The molecular weight excluding hydrogens is 572 g/mol. The van der Waals surface area contributed by atoms with Crippen LogP contribution in [0.5, 0.6) is 17.2 Å². The molecule has 0 unspecified atom stereocenters. The van der Waals surface area contributed by atoms with E-state index in [0.717, 1.165) is 45.5 Å². The lowest BCUT2D eigenvalue weighted by molar-refractivity contribution is 0.0600. The van der Waals surface area contributed by atoms with Crippen molar-refractivity contribution in [2.75, 3.05) is 19.1 Å². The van der Waals surface area contributed by atoms with Crippen LogP contribution in [0.2, 0.25) is 0 Å². The van der Waals surface area contributed by atoms with Crippen molar-refractivity contribution in [3.63, 3.8) is 0 Å². The lowest BCUT2D eigenvalue weighted by Gasteiger charge is -2.28. The number of carbonyl (C=O) groups is 1. The van der Waals surface area contributed by atoms with Gasteiger partial charge < -0.3 is 29.0 Å². The van der Waals surface area contributed by atoms with Gasteiger partial charge >= 0.3 is 5.97 Å². The van der Waals surface area contributed by atoms with E-state index in [1.165, 1.54) is 7.11 Å². The average molecular weight is 605 g/mol. The summed E-state index contributed by atoms with van der Waals surface area (Å²) in [5, 5.41) is 4.16. The first-order valence-corrected chi connectivity index (χ1v) is 14.6. The summed E-state index contributed by atoms with van der Waals surface area (Å²) in [6, 6.07) is 30.6. The lowest BCUT2D eigenvalue weighted by atomic mass is 9.96. The maximum absolute atomic E-state index is 12.0. The Morgan fingerprint density at radius 1 is 0.841 bits per heavy atom. The Hall–Kier alpha value is -5.15. The van der Waals surface area contributed by atoms with Crippen molar-refractivity contribution in [2.45, 2.75) is 25.9 Å². The standard InChI is InChI=1S/C35H32N4O4S/c1-22-21-30(23(2)38(22)25-10-8-24(9-11-25)34(40)42-4)33-32(31-7-5-6-20-36-31)37-35(44)39(33)26-12-14-28(15-13-26)43-29-18-16-27(41-3)17-19-29/h5-21,32-33H,1-4H3,(H,37,44)/t32-,33-/m1/s1. The lowest BCUT2D eigenvalue weighted by Crippen LogP contribution is -2.29. The van der Waals surface area contributed by atoms with Gasteiger partial charge in [-0.25, -0.2) is 4.79 Å². The second-order valence-corrected chi connectivity index (χ2v) is 10.9. The number of nitrogens with zero attached hydrogens (tertiary/aromatic N) is 3. The molecule has 3 heterocycles. The molecule has 1 aliphatic heterocycles. The third-order valence-electron chi connectivity index (χ3n) is 7.84. The van der Waals surface area contributed by atoms with Crippen molar-refractivity contribution in [3.05, 3.63) is 131 Å². The van der Waals surface area contributed by atoms with Crippen LogP contribution in [0.3, 0.4) is 0 Å². The first-order chi connectivity index (χ1) is 21.4. The molecule has 0 amide bonds. The highest BCUT2D eigenvalue weighted by atomic mass is 32.1. The smallest absolute Gasteiger partial charge is 0.337 e. The molecule has 2 atom stereocenters. The largest absolute Gasteiger partial charge is 0.497 e. The highest BCUT2D eigenvalue weighted by molar-refractivity contribution is 7.80. The Bertz CT molecular complexity index is 1790. The number of esters is 1. The average Bonchev–Trinajstić information content (AvgIpc) is 3.56. The van der Waals surface area contributed by atoms with Crippen LogP contribution in [0.25, 0.3) is 5.69 Å². The van der Waals surface area contributed by atoms with Gasteiger partial charge in [0.25, 0.3) is 0 Å². The van der Waals surface area contributed by atoms with Crippen LogP contribution in [0, 0.1) is 13.8 Å².